The number of anilines is 4. The van der Waals surface area contributed by atoms with Gasteiger partial charge in [-0.15, -0.1) is 0 Å². The number of aryl methyl sites for hydroxylation is 1. The van der Waals surface area contributed by atoms with Crippen LogP contribution in [0.5, 0.6) is 11.5 Å². The van der Waals surface area contributed by atoms with Gasteiger partial charge in [0.05, 0.1) is 18.7 Å². The SMILES string of the molecule is COc1cc(Nc2ncc(Br)c(Nc3ccccn3)n2)cc(C)c1OC. The van der Waals surface area contributed by atoms with Gasteiger partial charge >= 0.3 is 0 Å². The maximum Gasteiger partial charge on any atom is 0.229 e. The highest BCUT2D eigenvalue weighted by Gasteiger charge is 2.11. The Morgan fingerprint density at radius 2 is 1.88 bits per heavy atom. The summed E-state index contributed by atoms with van der Waals surface area (Å²) in [6.07, 6.45) is 3.39. The zero-order valence-electron chi connectivity index (χ0n) is 14.6. The first-order valence-corrected chi connectivity index (χ1v) is 8.60. The Morgan fingerprint density at radius 1 is 1.04 bits per heavy atom. The van der Waals surface area contributed by atoms with E-state index in [1.165, 1.54) is 0 Å². The fourth-order valence-corrected chi connectivity index (χ4v) is 2.72. The second-order valence-corrected chi connectivity index (χ2v) is 6.24. The third-order valence-corrected chi connectivity index (χ3v) is 4.16. The largest absolute Gasteiger partial charge is 0.493 e. The molecular formula is C18H18BrN5O2. The number of nitrogens with one attached hydrogen (secondary N) is 2. The second-order valence-electron chi connectivity index (χ2n) is 5.38. The van der Waals surface area contributed by atoms with E-state index in [0.717, 1.165) is 15.7 Å². The number of hydrogen-bond donors (Lipinski definition) is 2. The average molecular weight is 416 g/mol. The number of nitrogens with zero attached hydrogens (tertiary/aromatic N) is 3. The molecule has 0 bridgehead atoms. The van der Waals surface area contributed by atoms with E-state index in [9.17, 15) is 0 Å². The summed E-state index contributed by atoms with van der Waals surface area (Å²) in [4.78, 5) is 13.0. The zero-order chi connectivity index (χ0) is 18.5. The molecular weight excluding hydrogens is 398 g/mol. The van der Waals surface area contributed by atoms with E-state index in [2.05, 4.69) is 41.5 Å². The van der Waals surface area contributed by atoms with Crippen molar-refractivity contribution in [2.75, 3.05) is 24.9 Å². The molecule has 0 aliphatic carbocycles. The summed E-state index contributed by atoms with van der Waals surface area (Å²) in [7, 11) is 3.22. The number of ether oxygens (including phenoxy) is 2. The summed E-state index contributed by atoms with van der Waals surface area (Å²) in [5, 5.41) is 6.34. The number of hydrogen-bond acceptors (Lipinski definition) is 7. The number of pyridine rings is 1. The van der Waals surface area contributed by atoms with E-state index in [1.54, 1.807) is 26.6 Å². The van der Waals surface area contributed by atoms with Crippen LogP contribution < -0.4 is 20.1 Å². The van der Waals surface area contributed by atoms with Crippen LogP contribution in [-0.2, 0) is 0 Å². The van der Waals surface area contributed by atoms with Crippen LogP contribution in [0.3, 0.4) is 0 Å². The minimum atomic E-state index is 0.443. The standard InChI is InChI=1S/C18H18BrN5O2/c1-11-8-12(9-14(25-2)16(11)26-3)22-18-21-10-13(19)17(24-18)23-15-6-4-5-7-20-15/h4-10H,1-3H3,(H2,20,21,22,23,24). The second kappa shape index (κ2) is 8.01. The highest BCUT2D eigenvalue weighted by Crippen LogP contribution is 2.35. The Balaban J connectivity index is 1.87. The van der Waals surface area contributed by atoms with Crippen molar-refractivity contribution in [3.05, 3.63) is 52.8 Å². The van der Waals surface area contributed by atoms with Crippen LogP contribution in [0.4, 0.5) is 23.3 Å². The normalized spacial score (nSPS) is 10.3. The fraction of sp³-hybridized carbons (Fsp3) is 0.167. The Morgan fingerprint density at radius 3 is 2.58 bits per heavy atom. The lowest BCUT2D eigenvalue weighted by atomic mass is 10.2. The smallest absolute Gasteiger partial charge is 0.229 e. The zero-order valence-corrected chi connectivity index (χ0v) is 16.2. The van der Waals surface area contributed by atoms with E-state index in [-0.39, 0.29) is 0 Å². The highest BCUT2D eigenvalue weighted by atomic mass is 79.9. The quantitative estimate of drug-likeness (QED) is 0.615. The van der Waals surface area contributed by atoms with E-state index in [0.29, 0.717) is 29.1 Å². The summed E-state index contributed by atoms with van der Waals surface area (Å²) in [6, 6.07) is 9.39. The molecule has 1 aromatic carbocycles. The molecule has 8 heteroatoms. The van der Waals surface area contributed by atoms with Crippen molar-refractivity contribution in [3.63, 3.8) is 0 Å². The summed E-state index contributed by atoms with van der Waals surface area (Å²) < 4.78 is 11.5. The number of halogens is 1. The molecule has 2 heterocycles. The van der Waals surface area contributed by atoms with Gasteiger partial charge in [-0.05, 0) is 46.6 Å². The Bertz CT molecular complexity index is 906. The molecule has 2 aromatic heterocycles. The van der Waals surface area contributed by atoms with Gasteiger partial charge < -0.3 is 20.1 Å². The van der Waals surface area contributed by atoms with Crippen LogP contribution in [0.1, 0.15) is 5.56 Å². The van der Waals surface area contributed by atoms with E-state index in [4.69, 9.17) is 9.47 Å². The van der Waals surface area contributed by atoms with Gasteiger partial charge in [0.15, 0.2) is 17.3 Å². The molecule has 0 aliphatic heterocycles. The molecule has 0 spiro atoms. The maximum absolute atomic E-state index is 5.38. The molecule has 3 aromatic rings. The van der Waals surface area contributed by atoms with Crippen LogP contribution in [0, 0.1) is 6.92 Å². The van der Waals surface area contributed by atoms with Gasteiger partial charge in [0, 0.05) is 24.1 Å². The first-order valence-electron chi connectivity index (χ1n) is 7.81. The van der Waals surface area contributed by atoms with Crippen LogP contribution in [0.25, 0.3) is 0 Å². The lowest BCUT2D eigenvalue weighted by molar-refractivity contribution is 0.353. The fourth-order valence-electron chi connectivity index (χ4n) is 2.43. The molecule has 0 saturated carbocycles. The van der Waals surface area contributed by atoms with Gasteiger partial charge in [0.2, 0.25) is 5.95 Å². The molecule has 0 aliphatic rings. The maximum atomic E-state index is 5.38. The molecule has 0 saturated heterocycles. The molecule has 3 rings (SSSR count). The summed E-state index contributed by atoms with van der Waals surface area (Å²) in [6.45, 7) is 1.95. The summed E-state index contributed by atoms with van der Waals surface area (Å²) in [5.74, 6) is 3.09. The molecule has 26 heavy (non-hydrogen) atoms. The molecule has 7 nitrogen and oxygen atoms in total. The van der Waals surface area contributed by atoms with Gasteiger partial charge in [-0.25, -0.2) is 9.97 Å². The summed E-state index contributed by atoms with van der Waals surface area (Å²) >= 11 is 3.45. The van der Waals surface area contributed by atoms with Crippen molar-refractivity contribution in [3.8, 4) is 11.5 Å². The van der Waals surface area contributed by atoms with Gasteiger partial charge in [0.1, 0.15) is 5.82 Å². The number of rotatable bonds is 6. The Hall–Kier alpha value is -2.87. The highest BCUT2D eigenvalue weighted by molar-refractivity contribution is 9.10. The van der Waals surface area contributed by atoms with Gasteiger partial charge in [0.25, 0.3) is 0 Å². The summed E-state index contributed by atoms with van der Waals surface area (Å²) in [5.41, 5.74) is 1.74. The van der Waals surface area contributed by atoms with Crippen LogP contribution >= 0.6 is 15.9 Å². The molecule has 0 fully saturated rings. The van der Waals surface area contributed by atoms with Gasteiger partial charge in [-0.1, -0.05) is 6.07 Å². The Labute approximate surface area is 159 Å². The third kappa shape index (κ3) is 4.02. The van der Waals surface area contributed by atoms with Crippen LogP contribution in [0.15, 0.2) is 47.2 Å². The van der Waals surface area contributed by atoms with Gasteiger partial charge in [-0.3, -0.25) is 0 Å². The first kappa shape index (κ1) is 17.9. The van der Waals surface area contributed by atoms with Crippen LogP contribution in [-0.4, -0.2) is 29.2 Å². The lowest BCUT2D eigenvalue weighted by Crippen LogP contribution is -2.03. The van der Waals surface area contributed by atoms with Crippen molar-refractivity contribution >= 4 is 39.2 Å². The topological polar surface area (TPSA) is 81.2 Å². The molecule has 0 radical (unpaired) electrons. The van der Waals surface area contributed by atoms with Crippen molar-refractivity contribution < 1.29 is 9.47 Å². The van der Waals surface area contributed by atoms with Crippen molar-refractivity contribution in [1.82, 2.24) is 15.0 Å². The molecule has 0 amide bonds. The van der Waals surface area contributed by atoms with Crippen molar-refractivity contribution in [2.24, 2.45) is 0 Å². The predicted octanol–water partition coefficient (Wildman–Crippen LogP) is 4.45. The van der Waals surface area contributed by atoms with Gasteiger partial charge in [-0.2, -0.15) is 4.98 Å². The lowest BCUT2D eigenvalue weighted by Gasteiger charge is -2.14. The minimum Gasteiger partial charge on any atom is -0.493 e. The van der Waals surface area contributed by atoms with Crippen molar-refractivity contribution in [2.45, 2.75) is 6.92 Å². The molecule has 134 valence electrons. The van der Waals surface area contributed by atoms with E-state index in [1.807, 2.05) is 37.3 Å². The van der Waals surface area contributed by atoms with E-state index < -0.39 is 0 Å². The first-order chi connectivity index (χ1) is 12.6. The molecule has 0 atom stereocenters. The predicted molar refractivity (Wildman–Crippen MR) is 105 cm³/mol. The number of methoxy groups -OCH3 is 2. The number of aromatic nitrogens is 3. The molecule has 2 N–H and O–H groups in total. The van der Waals surface area contributed by atoms with Crippen LogP contribution in [0.2, 0.25) is 0 Å². The van der Waals surface area contributed by atoms with Crippen molar-refractivity contribution in [1.29, 1.82) is 0 Å². The average Bonchev–Trinajstić information content (AvgIpc) is 2.65. The third-order valence-electron chi connectivity index (χ3n) is 3.58. The number of benzene rings is 1. The minimum absolute atomic E-state index is 0.443. The van der Waals surface area contributed by atoms with E-state index >= 15 is 0 Å². The monoisotopic (exact) mass is 415 g/mol. The Kier molecular flexibility index (Phi) is 5.52. The molecule has 0 unspecified atom stereocenters.